The van der Waals surface area contributed by atoms with Crippen LogP contribution in [0, 0.1) is 6.92 Å². The Kier molecular flexibility index (Phi) is 8.57. The van der Waals surface area contributed by atoms with Crippen LogP contribution in [0.2, 0.25) is 0 Å². The van der Waals surface area contributed by atoms with Crippen LogP contribution in [0.1, 0.15) is 18.1 Å². The molecule has 0 saturated heterocycles. The van der Waals surface area contributed by atoms with Crippen LogP contribution in [0.15, 0.2) is 23.1 Å². The lowest BCUT2D eigenvalue weighted by Crippen LogP contribution is -2.17. The highest BCUT2D eigenvalue weighted by Gasteiger charge is 2.18. The standard InChI is InChI=1S/C15H26NO3PS2/c1-12-6-7-14(10-13(2)18-5)11-15(12)22-20(17,21)19-9-8-16(3)4/h6-7,11,13H,8-10H2,1-5H3,(H,17,21). The van der Waals surface area contributed by atoms with Crippen LogP contribution >= 0.6 is 17.1 Å². The van der Waals surface area contributed by atoms with Crippen molar-refractivity contribution in [2.24, 2.45) is 0 Å². The molecule has 22 heavy (non-hydrogen) atoms. The molecule has 0 aliphatic heterocycles. The van der Waals surface area contributed by atoms with Crippen LogP contribution < -0.4 is 0 Å². The molecule has 0 bridgehead atoms. The summed E-state index contributed by atoms with van der Waals surface area (Å²) in [6.07, 6.45) is 0.995. The Morgan fingerprint density at radius 3 is 2.68 bits per heavy atom. The Morgan fingerprint density at radius 1 is 1.41 bits per heavy atom. The molecule has 0 fully saturated rings. The summed E-state index contributed by atoms with van der Waals surface area (Å²) in [6, 6.07) is 6.21. The van der Waals surface area contributed by atoms with Crippen LogP contribution in [-0.4, -0.2) is 50.3 Å². The van der Waals surface area contributed by atoms with Crippen LogP contribution in [0.3, 0.4) is 0 Å². The Labute approximate surface area is 143 Å². The fourth-order valence-electron chi connectivity index (χ4n) is 1.77. The van der Waals surface area contributed by atoms with Crippen molar-refractivity contribution >= 4 is 28.9 Å². The quantitative estimate of drug-likeness (QED) is 0.678. The van der Waals surface area contributed by atoms with Gasteiger partial charge >= 0.3 is 0 Å². The third kappa shape index (κ3) is 7.55. The first-order valence-corrected chi connectivity index (χ1v) is 11.3. The van der Waals surface area contributed by atoms with Gasteiger partial charge in [-0.05, 0) is 74.7 Å². The lowest BCUT2D eigenvalue weighted by atomic mass is 10.1. The van der Waals surface area contributed by atoms with Gasteiger partial charge in [-0.1, -0.05) is 12.1 Å². The van der Waals surface area contributed by atoms with Crippen molar-refractivity contribution < 1.29 is 14.2 Å². The van der Waals surface area contributed by atoms with E-state index in [4.69, 9.17) is 21.1 Å². The molecule has 0 aliphatic carbocycles. The summed E-state index contributed by atoms with van der Waals surface area (Å²) >= 11 is 6.53. The lowest BCUT2D eigenvalue weighted by molar-refractivity contribution is 0.119. The van der Waals surface area contributed by atoms with Gasteiger partial charge in [-0.3, -0.25) is 0 Å². The summed E-state index contributed by atoms with van der Waals surface area (Å²) in [5.74, 6) is 0. The second kappa shape index (κ2) is 9.38. The van der Waals surface area contributed by atoms with Gasteiger partial charge in [-0.2, -0.15) is 0 Å². The highest BCUT2D eigenvalue weighted by molar-refractivity contribution is 8.67. The average Bonchev–Trinajstić information content (AvgIpc) is 2.41. The Bertz CT molecular complexity index is 526. The zero-order valence-electron chi connectivity index (χ0n) is 13.9. The Hall–Kier alpha value is 0.0600. The molecular formula is C15H26NO3PS2. The number of aryl methyl sites for hydroxylation is 1. The number of rotatable bonds is 9. The highest BCUT2D eigenvalue weighted by atomic mass is 32.9. The van der Waals surface area contributed by atoms with Gasteiger partial charge in [0.25, 0.3) is 0 Å². The first-order chi connectivity index (χ1) is 10.2. The summed E-state index contributed by atoms with van der Waals surface area (Å²) in [7, 11) is 5.63. The van der Waals surface area contributed by atoms with E-state index < -0.39 is 5.69 Å². The molecule has 0 amide bonds. The summed E-state index contributed by atoms with van der Waals surface area (Å²) < 4.78 is 10.8. The number of benzene rings is 1. The van der Waals surface area contributed by atoms with Gasteiger partial charge in [0.1, 0.15) is 0 Å². The normalized spacial score (nSPS) is 15.8. The molecule has 2 unspecified atom stereocenters. The minimum atomic E-state index is -2.87. The van der Waals surface area contributed by atoms with Crippen molar-refractivity contribution in [3.05, 3.63) is 29.3 Å². The molecule has 4 nitrogen and oxygen atoms in total. The Morgan fingerprint density at radius 2 is 2.09 bits per heavy atom. The van der Waals surface area contributed by atoms with E-state index in [1.807, 2.05) is 32.8 Å². The van der Waals surface area contributed by atoms with Crippen molar-refractivity contribution in [3.8, 4) is 0 Å². The van der Waals surface area contributed by atoms with E-state index in [1.165, 1.54) is 16.9 Å². The molecule has 126 valence electrons. The van der Waals surface area contributed by atoms with Gasteiger partial charge in [0, 0.05) is 18.6 Å². The first-order valence-electron chi connectivity index (χ1n) is 7.17. The van der Waals surface area contributed by atoms with Gasteiger partial charge in [0.15, 0.2) is 0 Å². The van der Waals surface area contributed by atoms with Crippen LogP contribution in [0.5, 0.6) is 0 Å². The number of hydrogen-bond acceptors (Lipinski definition) is 5. The van der Waals surface area contributed by atoms with Gasteiger partial charge in [0.2, 0.25) is 5.69 Å². The van der Waals surface area contributed by atoms with Crippen molar-refractivity contribution in [1.82, 2.24) is 4.90 Å². The number of ether oxygens (including phenoxy) is 1. The maximum atomic E-state index is 10.3. The zero-order valence-corrected chi connectivity index (χ0v) is 16.4. The number of methoxy groups -OCH3 is 1. The predicted molar refractivity (Wildman–Crippen MR) is 98.2 cm³/mol. The maximum Gasteiger partial charge on any atom is 0.249 e. The third-order valence-electron chi connectivity index (χ3n) is 3.18. The van der Waals surface area contributed by atoms with Crippen molar-refractivity contribution in [3.63, 3.8) is 0 Å². The molecule has 0 heterocycles. The molecule has 1 rings (SSSR count). The molecule has 1 N–H and O–H groups in total. The average molecular weight is 363 g/mol. The SMILES string of the molecule is COC(C)Cc1ccc(C)c(SP(O)(=S)OCCN(C)C)c1. The maximum absolute atomic E-state index is 10.3. The van der Waals surface area contributed by atoms with E-state index in [2.05, 4.69) is 18.2 Å². The van der Waals surface area contributed by atoms with E-state index in [-0.39, 0.29) is 6.10 Å². The fourth-order valence-corrected chi connectivity index (χ4v) is 5.47. The summed E-state index contributed by atoms with van der Waals surface area (Å²) in [6.45, 7) is 5.23. The summed E-state index contributed by atoms with van der Waals surface area (Å²) in [5, 5.41) is 0. The molecule has 0 spiro atoms. The van der Waals surface area contributed by atoms with Gasteiger partial charge < -0.3 is 19.1 Å². The Balaban J connectivity index is 2.74. The highest BCUT2D eigenvalue weighted by Crippen LogP contribution is 2.60. The molecular weight excluding hydrogens is 337 g/mol. The smallest absolute Gasteiger partial charge is 0.249 e. The number of hydrogen-bond donors (Lipinski definition) is 1. The van der Waals surface area contributed by atoms with E-state index in [0.29, 0.717) is 6.61 Å². The summed E-state index contributed by atoms with van der Waals surface area (Å²) in [4.78, 5) is 13.3. The molecule has 0 radical (unpaired) electrons. The van der Waals surface area contributed by atoms with Crippen LogP contribution in [0.25, 0.3) is 0 Å². The third-order valence-corrected chi connectivity index (χ3v) is 7.15. The molecule has 1 aromatic carbocycles. The fraction of sp³-hybridized carbons (Fsp3) is 0.600. The topological polar surface area (TPSA) is 41.9 Å². The number of likely N-dealkylation sites (N-methyl/N-ethyl adjacent to an activating group) is 1. The van der Waals surface area contributed by atoms with Gasteiger partial charge in [-0.15, -0.1) is 0 Å². The molecule has 2 atom stereocenters. The minimum Gasteiger partial charge on any atom is -0.381 e. The van der Waals surface area contributed by atoms with Gasteiger partial charge in [0.05, 0.1) is 12.7 Å². The molecule has 0 aliphatic rings. The monoisotopic (exact) mass is 363 g/mol. The van der Waals surface area contributed by atoms with E-state index in [1.54, 1.807) is 7.11 Å². The number of nitrogens with zero attached hydrogens (tertiary/aromatic N) is 1. The second-order valence-electron chi connectivity index (χ2n) is 5.55. The molecule has 0 aromatic heterocycles. The van der Waals surface area contributed by atoms with Crippen molar-refractivity contribution in [2.75, 3.05) is 34.4 Å². The summed E-state index contributed by atoms with van der Waals surface area (Å²) in [5.41, 5.74) is -0.599. The zero-order chi connectivity index (χ0) is 16.8. The molecule has 0 saturated carbocycles. The first kappa shape index (κ1) is 20.1. The van der Waals surface area contributed by atoms with Crippen molar-refractivity contribution in [2.45, 2.75) is 31.3 Å². The molecule has 7 heteroatoms. The van der Waals surface area contributed by atoms with Gasteiger partial charge in [-0.25, -0.2) is 0 Å². The van der Waals surface area contributed by atoms with Crippen LogP contribution in [-0.2, 0) is 27.5 Å². The predicted octanol–water partition coefficient (Wildman–Crippen LogP) is 3.46. The van der Waals surface area contributed by atoms with E-state index >= 15 is 0 Å². The van der Waals surface area contributed by atoms with Crippen LogP contribution in [0.4, 0.5) is 0 Å². The minimum absolute atomic E-state index is 0.161. The second-order valence-corrected chi connectivity index (χ2v) is 11.6. The van der Waals surface area contributed by atoms with E-state index in [9.17, 15) is 4.89 Å². The van der Waals surface area contributed by atoms with Crippen molar-refractivity contribution in [1.29, 1.82) is 0 Å². The largest absolute Gasteiger partial charge is 0.381 e. The molecule has 1 aromatic rings. The lowest BCUT2D eigenvalue weighted by Gasteiger charge is -2.18. The van der Waals surface area contributed by atoms with E-state index in [0.717, 1.165) is 23.4 Å².